The molecule has 0 spiro atoms. The lowest BCUT2D eigenvalue weighted by atomic mass is 9.90. The average Bonchev–Trinajstić information content (AvgIpc) is 2.61. The van der Waals surface area contributed by atoms with Crippen molar-refractivity contribution >= 4 is 0 Å². The summed E-state index contributed by atoms with van der Waals surface area (Å²) >= 11 is 0. The predicted molar refractivity (Wildman–Crippen MR) is 42.7 cm³/mol. The van der Waals surface area contributed by atoms with Gasteiger partial charge in [0.1, 0.15) is 11.2 Å². The summed E-state index contributed by atoms with van der Waals surface area (Å²) < 4.78 is 5.53. The second-order valence-electron chi connectivity index (χ2n) is 3.38. The van der Waals surface area contributed by atoms with Crippen molar-refractivity contribution in [1.82, 2.24) is 0 Å². The maximum Gasteiger partial charge on any atom is 0.111 e. The van der Waals surface area contributed by atoms with Gasteiger partial charge in [0.05, 0.1) is 13.2 Å². The van der Waals surface area contributed by atoms with Gasteiger partial charge in [-0.1, -0.05) is 12.2 Å². The monoisotopic (exact) mass is 174 g/mol. The number of fused-ring (bicyclic) bond motifs is 2. The third-order valence-corrected chi connectivity index (χ3v) is 2.60. The fourth-order valence-electron chi connectivity index (χ4n) is 1.80. The molecular weight excluding hydrogens is 160 g/mol. The molecule has 2 unspecified atom stereocenters. The van der Waals surface area contributed by atoms with E-state index in [4.69, 9.17) is 14.9 Å². The van der Waals surface area contributed by atoms with Crippen LogP contribution in [-0.2, 0) is 4.74 Å². The molecule has 0 saturated carbocycles. The molecule has 0 radical (unpaired) electrons. The van der Waals surface area contributed by atoms with Crippen LogP contribution < -0.4 is 0 Å². The molecule has 70 valence electrons. The summed E-state index contributed by atoms with van der Waals surface area (Å²) in [6.07, 6.45) is 5.38. The van der Waals surface area contributed by atoms with E-state index in [9.17, 15) is 0 Å². The first-order valence-corrected chi connectivity index (χ1v) is 3.87. The standard InChI is InChI=1S/C8H12O3.H2O/c9-5-7-1-2-8(6-10,11-7)4-3-7;/h1-2,9-10H,3-6H2;1H2. The Bertz CT molecular complexity index is 183. The van der Waals surface area contributed by atoms with Crippen LogP contribution in [0, 0.1) is 0 Å². The lowest BCUT2D eigenvalue weighted by Crippen LogP contribution is -2.31. The zero-order valence-electron chi connectivity index (χ0n) is 6.79. The van der Waals surface area contributed by atoms with Gasteiger partial charge in [0.2, 0.25) is 0 Å². The van der Waals surface area contributed by atoms with E-state index in [2.05, 4.69) is 0 Å². The Labute approximate surface area is 70.8 Å². The molecule has 4 heteroatoms. The molecule has 1 saturated heterocycles. The molecule has 12 heavy (non-hydrogen) atoms. The number of aliphatic hydroxyl groups excluding tert-OH is 2. The van der Waals surface area contributed by atoms with Crippen LogP contribution >= 0.6 is 0 Å². The molecule has 4 nitrogen and oxygen atoms in total. The highest BCUT2D eigenvalue weighted by atomic mass is 16.6. The summed E-state index contributed by atoms with van der Waals surface area (Å²) in [5, 5.41) is 18.0. The Morgan fingerprint density at radius 1 is 1.08 bits per heavy atom. The first kappa shape index (κ1) is 9.67. The van der Waals surface area contributed by atoms with E-state index in [-0.39, 0.29) is 18.7 Å². The number of rotatable bonds is 2. The Morgan fingerprint density at radius 3 is 1.67 bits per heavy atom. The number of hydrogen-bond acceptors (Lipinski definition) is 3. The van der Waals surface area contributed by atoms with E-state index in [1.54, 1.807) is 0 Å². The topological polar surface area (TPSA) is 81.2 Å². The number of hydrogen-bond donors (Lipinski definition) is 2. The SMILES string of the molecule is O.OCC12C=CC(CO)(CC1)O2. The Hall–Kier alpha value is -0.420. The zero-order chi connectivity index (χ0) is 7.95. The molecule has 4 N–H and O–H groups in total. The normalized spacial score (nSPS) is 43.2. The first-order chi connectivity index (χ1) is 5.24. The van der Waals surface area contributed by atoms with Crippen molar-refractivity contribution in [2.45, 2.75) is 24.0 Å². The van der Waals surface area contributed by atoms with Crippen molar-refractivity contribution in [3.05, 3.63) is 12.2 Å². The molecule has 2 aliphatic heterocycles. The Kier molecular flexibility index (Phi) is 2.27. The molecule has 0 amide bonds. The maximum atomic E-state index is 9.00. The molecule has 2 atom stereocenters. The van der Waals surface area contributed by atoms with Crippen molar-refractivity contribution in [1.29, 1.82) is 0 Å². The van der Waals surface area contributed by atoms with Crippen molar-refractivity contribution in [2.24, 2.45) is 0 Å². The van der Waals surface area contributed by atoms with Crippen LogP contribution in [0.2, 0.25) is 0 Å². The van der Waals surface area contributed by atoms with Gasteiger partial charge in [0.15, 0.2) is 0 Å². The van der Waals surface area contributed by atoms with Crippen molar-refractivity contribution < 1.29 is 20.4 Å². The van der Waals surface area contributed by atoms with Gasteiger partial charge in [-0.25, -0.2) is 0 Å². The number of aliphatic hydroxyl groups is 2. The Balaban J connectivity index is 0.000000720. The molecule has 1 fully saturated rings. The minimum Gasteiger partial charge on any atom is -0.412 e. The Morgan fingerprint density at radius 2 is 1.50 bits per heavy atom. The second kappa shape index (κ2) is 2.81. The van der Waals surface area contributed by atoms with E-state index in [1.165, 1.54) is 0 Å². The van der Waals surface area contributed by atoms with Gasteiger partial charge in [-0.3, -0.25) is 0 Å². The molecular formula is C8H14O4. The van der Waals surface area contributed by atoms with Crippen molar-refractivity contribution in [3.8, 4) is 0 Å². The van der Waals surface area contributed by atoms with Crippen molar-refractivity contribution in [3.63, 3.8) is 0 Å². The van der Waals surface area contributed by atoms with E-state index in [1.807, 2.05) is 12.2 Å². The highest BCUT2D eigenvalue weighted by Crippen LogP contribution is 2.44. The van der Waals surface area contributed by atoms with Crippen LogP contribution in [0.3, 0.4) is 0 Å². The predicted octanol–water partition coefficient (Wildman–Crippen LogP) is -0.996. The lowest BCUT2D eigenvalue weighted by molar-refractivity contribution is -0.0781. The van der Waals surface area contributed by atoms with Gasteiger partial charge in [-0.2, -0.15) is 0 Å². The average molecular weight is 174 g/mol. The molecule has 0 aromatic rings. The van der Waals surface area contributed by atoms with Gasteiger partial charge in [-0.15, -0.1) is 0 Å². The molecule has 2 rings (SSSR count). The first-order valence-electron chi connectivity index (χ1n) is 3.87. The van der Waals surface area contributed by atoms with Gasteiger partial charge >= 0.3 is 0 Å². The summed E-state index contributed by atoms with van der Waals surface area (Å²) in [6, 6.07) is 0. The maximum absolute atomic E-state index is 9.00. The van der Waals surface area contributed by atoms with Crippen LogP contribution in [0.4, 0.5) is 0 Å². The molecule has 2 bridgehead atoms. The minimum atomic E-state index is -0.470. The van der Waals surface area contributed by atoms with Crippen LogP contribution in [0.1, 0.15) is 12.8 Å². The molecule has 2 aliphatic rings. The fraction of sp³-hybridized carbons (Fsp3) is 0.750. The van der Waals surface area contributed by atoms with Crippen LogP contribution in [0.5, 0.6) is 0 Å². The molecule has 0 aromatic heterocycles. The quantitative estimate of drug-likeness (QED) is 0.527. The summed E-state index contributed by atoms with van der Waals surface area (Å²) in [6.45, 7) is 0.0382. The van der Waals surface area contributed by atoms with E-state index in [0.29, 0.717) is 0 Å². The van der Waals surface area contributed by atoms with Gasteiger partial charge in [0.25, 0.3) is 0 Å². The highest BCUT2D eigenvalue weighted by molar-refractivity contribution is 5.23. The summed E-state index contributed by atoms with van der Waals surface area (Å²) in [5.74, 6) is 0. The van der Waals surface area contributed by atoms with E-state index in [0.717, 1.165) is 12.8 Å². The van der Waals surface area contributed by atoms with Crippen molar-refractivity contribution in [2.75, 3.05) is 13.2 Å². The van der Waals surface area contributed by atoms with Gasteiger partial charge in [0, 0.05) is 0 Å². The third kappa shape index (κ3) is 1.08. The van der Waals surface area contributed by atoms with Gasteiger partial charge in [-0.05, 0) is 12.8 Å². The number of ether oxygens (including phenoxy) is 1. The third-order valence-electron chi connectivity index (χ3n) is 2.60. The smallest absolute Gasteiger partial charge is 0.111 e. The summed E-state index contributed by atoms with van der Waals surface area (Å²) in [4.78, 5) is 0. The summed E-state index contributed by atoms with van der Waals surface area (Å²) in [5.41, 5.74) is -0.939. The van der Waals surface area contributed by atoms with E-state index >= 15 is 0 Å². The lowest BCUT2D eigenvalue weighted by Gasteiger charge is -2.21. The second-order valence-corrected chi connectivity index (χ2v) is 3.38. The van der Waals surface area contributed by atoms with Crippen LogP contribution in [0.25, 0.3) is 0 Å². The molecule has 0 aromatic carbocycles. The molecule has 0 aliphatic carbocycles. The summed E-state index contributed by atoms with van der Waals surface area (Å²) in [7, 11) is 0. The molecule has 2 heterocycles. The van der Waals surface area contributed by atoms with Crippen LogP contribution in [-0.4, -0.2) is 40.1 Å². The van der Waals surface area contributed by atoms with E-state index < -0.39 is 11.2 Å². The highest BCUT2D eigenvalue weighted by Gasteiger charge is 2.50. The fourth-order valence-corrected chi connectivity index (χ4v) is 1.80. The largest absolute Gasteiger partial charge is 0.412 e. The minimum absolute atomic E-state index is 0. The zero-order valence-corrected chi connectivity index (χ0v) is 6.79. The van der Waals surface area contributed by atoms with Gasteiger partial charge < -0.3 is 20.4 Å². The van der Waals surface area contributed by atoms with Crippen LogP contribution in [0.15, 0.2) is 12.2 Å².